The first-order chi connectivity index (χ1) is 15.6. The second-order valence-electron chi connectivity index (χ2n) is 9.24. The topological polar surface area (TPSA) is 83.1 Å². The number of rotatable bonds is 4. The summed E-state index contributed by atoms with van der Waals surface area (Å²) in [6, 6.07) is 11.1. The highest BCUT2D eigenvalue weighted by Crippen LogP contribution is 2.27. The lowest BCUT2D eigenvalue weighted by Gasteiger charge is -2.37. The lowest BCUT2D eigenvalue weighted by molar-refractivity contribution is 0.0240. The molecule has 1 saturated heterocycles. The fraction of sp³-hybridized carbons (Fsp3) is 0.440. The monoisotopic (exact) mass is 454 g/mol. The van der Waals surface area contributed by atoms with Crippen molar-refractivity contribution in [3.63, 3.8) is 0 Å². The zero-order valence-corrected chi connectivity index (χ0v) is 20.3. The van der Waals surface area contributed by atoms with Gasteiger partial charge in [-0.1, -0.05) is 6.07 Å². The van der Waals surface area contributed by atoms with Crippen LogP contribution in [0.15, 0.2) is 36.4 Å². The second kappa shape index (κ2) is 10.0. The number of carbonyl (C=O) groups excluding carboxylic acids is 2. The number of ether oxygens (including phenoxy) is 2. The van der Waals surface area contributed by atoms with Gasteiger partial charge in [-0.15, -0.1) is 0 Å². The minimum Gasteiger partial charge on any atom is -0.495 e. The van der Waals surface area contributed by atoms with E-state index in [1.807, 2.05) is 71.0 Å². The molecule has 0 unspecified atom stereocenters. The molecule has 1 heterocycles. The minimum absolute atomic E-state index is 0.269. The van der Waals surface area contributed by atoms with Gasteiger partial charge in [0.25, 0.3) is 0 Å². The Labute approximate surface area is 195 Å². The number of benzene rings is 2. The smallest absolute Gasteiger partial charge is 0.410 e. The summed E-state index contributed by atoms with van der Waals surface area (Å²) in [7, 11) is 1.57. The SMILES string of the molecule is COc1ccc(C)cc1NC(=O)Nc1ccc(N2CCN(C(=O)OC(C)(C)C)CC2)c(C)c1. The summed E-state index contributed by atoms with van der Waals surface area (Å²) in [6.07, 6.45) is -0.269. The van der Waals surface area contributed by atoms with Gasteiger partial charge in [0.2, 0.25) is 0 Å². The first-order valence-electron chi connectivity index (χ1n) is 11.1. The molecule has 2 aromatic carbocycles. The number of urea groups is 1. The number of hydrogen-bond donors (Lipinski definition) is 2. The predicted molar refractivity (Wildman–Crippen MR) is 132 cm³/mol. The van der Waals surface area contributed by atoms with E-state index in [0.717, 1.165) is 29.9 Å². The van der Waals surface area contributed by atoms with E-state index in [2.05, 4.69) is 15.5 Å². The third-order valence-corrected chi connectivity index (χ3v) is 5.33. The Kier molecular flexibility index (Phi) is 7.36. The molecule has 3 amide bonds. The van der Waals surface area contributed by atoms with Gasteiger partial charge in [-0.25, -0.2) is 9.59 Å². The molecule has 1 fully saturated rings. The summed E-state index contributed by atoms with van der Waals surface area (Å²) in [4.78, 5) is 28.8. The van der Waals surface area contributed by atoms with Crippen LogP contribution in [0.5, 0.6) is 5.75 Å². The number of nitrogens with one attached hydrogen (secondary N) is 2. The van der Waals surface area contributed by atoms with Crippen molar-refractivity contribution in [1.82, 2.24) is 4.90 Å². The lowest BCUT2D eigenvalue weighted by Crippen LogP contribution is -2.50. The summed E-state index contributed by atoms with van der Waals surface area (Å²) < 4.78 is 10.8. The molecule has 2 N–H and O–H groups in total. The predicted octanol–water partition coefficient (Wildman–Crippen LogP) is 5.01. The zero-order valence-electron chi connectivity index (χ0n) is 20.3. The Balaban J connectivity index is 1.59. The van der Waals surface area contributed by atoms with Crippen LogP contribution in [0, 0.1) is 13.8 Å². The molecule has 0 radical (unpaired) electrons. The standard InChI is InChI=1S/C25H34N4O4/c1-17-7-10-22(32-6)20(15-17)27-23(30)26-19-8-9-21(18(2)16-19)28-11-13-29(14-12-28)24(31)33-25(3,4)5/h7-10,15-16H,11-14H2,1-6H3,(H2,26,27,30). The van der Waals surface area contributed by atoms with Crippen LogP contribution in [0.4, 0.5) is 26.7 Å². The van der Waals surface area contributed by atoms with Crippen LogP contribution in [-0.2, 0) is 4.74 Å². The zero-order chi connectivity index (χ0) is 24.2. The Morgan fingerprint density at radius 3 is 2.24 bits per heavy atom. The molecule has 8 heteroatoms. The van der Waals surface area contributed by atoms with Gasteiger partial charge in [0.1, 0.15) is 11.4 Å². The maximum atomic E-state index is 12.5. The molecular formula is C25H34N4O4. The summed E-state index contributed by atoms with van der Waals surface area (Å²) in [5.74, 6) is 0.604. The molecule has 3 rings (SSSR count). The number of methoxy groups -OCH3 is 1. The van der Waals surface area contributed by atoms with Crippen LogP contribution in [0.3, 0.4) is 0 Å². The number of nitrogens with zero attached hydrogens (tertiary/aromatic N) is 2. The van der Waals surface area contributed by atoms with E-state index >= 15 is 0 Å². The van der Waals surface area contributed by atoms with Crippen molar-refractivity contribution >= 4 is 29.2 Å². The third-order valence-electron chi connectivity index (χ3n) is 5.33. The average molecular weight is 455 g/mol. The molecule has 1 aliphatic heterocycles. The van der Waals surface area contributed by atoms with Crippen molar-refractivity contribution in [2.45, 2.75) is 40.2 Å². The van der Waals surface area contributed by atoms with Gasteiger partial charge in [-0.2, -0.15) is 0 Å². The van der Waals surface area contributed by atoms with Crippen LogP contribution < -0.4 is 20.3 Å². The van der Waals surface area contributed by atoms with E-state index in [9.17, 15) is 9.59 Å². The van der Waals surface area contributed by atoms with Gasteiger partial charge < -0.3 is 29.9 Å². The molecule has 0 atom stereocenters. The number of anilines is 3. The summed E-state index contributed by atoms with van der Waals surface area (Å²) >= 11 is 0. The summed E-state index contributed by atoms with van der Waals surface area (Å²) in [5, 5.41) is 5.73. The average Bonchev–Trinajstić information content (AvgIpc) is 2.73. The van der Waals surface area contributed by atoms with Crippen molar-refractivity contribution in [3.8, 4) is 5.75 Å². The molecule has 0 aliphatic carbocycles. The highest BCUT2D eigenvalue weighted by atomic mass is 16.6. The molecule has 1 aliphatic rings. The first-order valence-corrected chi connectivity index (χ1v) is 11.1. The molecule has 33 heavy (non-hydrogen) atoms. The van der Waals surface area contributed by atoms with Crippen LogP contribution in [-0.4, -0.2) is 55.9 Å². The van der Waals surface area contributed by atoms with Crippen molar-refractivity contribution in [2.75, 3.05) is 48.8 Å². The van der Waals surface area contributed by atoms with Crippen LogP contribution >= 0.6 is 0 Å². The van der Waals surface area contributed by atoms with Crippen molar-refractivity contribution in [1.29, 1.82) is 0 Å². The summed E-state index contributed by atoms with van der Waals surface area (Å²) in [6.45, 7) is 12.2. The third kappa shape index (κ3) is 6.54. The van der Waals surface area contributed by atoms with E-state index in [-0.39, 0.29) is 12.1 Å². The molecule has 8 nitrogen and oxygen atoms in total. The van der Waals surface area contributed by atoms with Gasteiger partial charge in [0.15, 0.2) is 0 Å². The lowest BCUT2D eigenvalue weighted by atomic mass is 10.1. The van der Waals surface area contributed by atoms with E-state index in [1.54, 1.807) is 12.0 Å². The Morgan fingerprint density at radius 2 is 1.64 bits per heavy atom. The van der Waals surface area contributed by atoms with Crippen LogP contribution in [0.2, 0.25) is 0 Å². The van der Waals surface area contributed by atoms with Crippen molar-refractivity contribution < 1.29 is 19.1 Å². The highest BCUT2D eigenvalue weighted by Gasteiger charge is 2.26. The quantitative estimate of drug-likeness (QED) is 0.678. The fourth-order valence-corrected chi connectivity index (χ4v) is 3.75. The highest BCUT2D eigenvalue weighted by molar-refractivity contribution is 6.01. The van der Waals surface area contributed by atoms with Crippen LogP contribution in [0.25, 0.3) is 0 Å². The Hall–Kier alpha value is -3.42. The van der Waals surface area contributed by atoms with Crippen LogP contribution in [0.1, 0.15) is 31.9 Å². The number of piperazine rings is 1. The molecule has 0 spiro atoms. The number of amides is 3. The molecule has 2 aromatic rings. The van der Waals surface area contributed by atoms with Gasteiger partial charge in [-0.05, 0) is 76.1 Å². The van der Waals surface area contributed by atoms with E-state index < -0.39 is 5.60 Å². The fourth-order valence-electron chi connectivity index (χ4n) is 3.75. The molecule has 0 saturated carbocycles. The number of hydrogen-bond acceptors (Lipinski definition) is 5. The summed E-state index contributed by atoms with van der Waals surface area (Å²) in [5.41, 5.74) is 3.98. The second-order valence-corrected chi connectivity index (χ2v) is 9.24. The number of aryl methyl sites for hydroxylation is 2. The molecular weight excluding hydrogens is 420 g/mol. The molecule has 178 valence electrons. The van der Waals surface area contributed by atoms with Gasteiger partial charge in [0.05, 0.1) is 12.8 Å². The largest absolute Gasteiger partial charge is 0.495 e. The van der Waals surface area contributed by atoms with Gasteiger partial charge in [0, 0.05) is 37.6 Å². The van der Waals surface area contributed by atoms with E-state index in [4.69, 9.17) is 9.47 Å². The Bertz CT molecular complexity index is 1010. The molecule has 0 bridgehead atoms. The minimum atomic E-state index is -0.496. The van der Waals surface area contributed by atoms with E-state index in [1.165, 1.54) is 0 Å². The maximum Gasteiger partial charge on any atom is 0.410 e. The number of carbonyl (C=O) groups is 2. The van der Waals surface area contributed by atoms with Crippen molar-refractivity contribution in [2.24, 2.45) is 0 Å². The first kappa shape index (κ1) is 24.2. The van der Waals surface area contributed by atoms with E-state index in [0.29, 0.717) is 30.2 Å². The van der Waals surface area contributed by atoms with Crippen molar-refractivity contribution in [3.05, 3.63) is 47.5 Å². The molecule has 0 aromatic heterocycles. The maximum absolute atomic E-state index is 12.5. The van der Waals surface area contributed by atoms with Gasteiger partial charge in [-0.3, -0.25) is 0 Å². The Morgan fingerprint density at radius 1 is 0.939 bits per heavy atom. The van der Waals surface area contributed by atoms with Gasteiger partial charge >= 0.3 is 12.1 Å². The normalized spacial score (nSPS) is 14.0.